The largest absolute Gasteiger partial charge is 0.468 e. The molecule has 29 heavy (non-hydrogen) atoms. The van der Waals surface area contributed by atoms with E-state index in [9.17, 15) is 4.79 Å². The van der Waals surface area contributed by atoms with Crippen molar-refractivity contribution < 1.29 is 13.6 Å². The molecule has 1 N–H and O–H groups in total. The van der Waals surface area contributed by atoms with Crippen LogP contribution in [0.25, 0.3) is 0 Å². The predicted molar refractivity (Wildman–Crippen MR) is 115 cm³/mol. The molecule has 3 rings (SSSR count). The van der Waals surface area contributed by atoms with Crippen LogP contribution in [0.5, 0.6) is 0 Å². The molecule has 1 aromatic carbocycles. The highest BCUT2D eigenvalue weighted by molar-refractivity contribution is 5.94. The van der Waals surface area contributed by atoms with E-state index in [1.165, 1.54) is 0 Å². The smallest absolute Gasteiger partial charge is 0.238 e. The Kier molecular flexibility index (Phi) is 6.94. The fourth-order valence-electron chi connectivity index (χ4n) is 3.49. The van der Waals surface area contributed by atoms with Crippen LogP contribution in [0.3, 0.4) is 0 Å². The first kappa shape index (κ1) is 20.9. The van der Waals surface area contributed by atoms with Gasteiger partial charge in [0.05, 0.1) is 32.2 Å². The Hall–Kier alpha value is -2.79. The molecule has 0 saturated heterocycles. The quantitative estimate of drug-likeness (QED) is 0.501. The number of para-hydroxylation sites is 1. The number of carbonyl (C=O) groups is 1. The maximum atomic E-state index is 13.0. The molecule has 0 aliphatic rings. The number of amides is 1. The summed E-state index contributed by atoms with van der Waals surface area (Å²) in [6, 6.07) is 13.8. The summed E-state index contributed by atoms with van der Waals surface area (Å²) >= 11 is 0. The maximum absolute atomic E-state index is 13.0. The van der Waals surface area contributed by atoms with Gasteiger partial charge in [-0.25, -0.2) is 0 Å². The van der Waals surface area contributed by atoms with Crippen LogP contribution in [0.1, 0.15) is 62.2 Å². The molecule has 5 heteroatoms. The third kappa shape index (κ3) is 5.61. The van der Waals surface area contributed by atoms with Gasteiger partial charge >= 0.3 is 0 Å². The number of nitrogens with one attached hydrogen (secondary N) is 1. The molecular formula is C24H30N2O3. The van der Waals surface area contributed by atoms with Gasteiger partial charge in [0.2, 0.25) is 5.91 Å². The van der Waals surface area contributed by atoms with Crippen molar-refractivity contribution in [3.05, 3.63) is 77.6 Å². The minimum absolute atomic E-state index is 0.0434. The number of hydrogen-bond acceptors (Lipinski definition) is 4. The molecule has 0 aliphatic carbocycles. The van der Waals surface area contributed by atoms with Crippen LogP contribution in [-0.2, 0) is 17.9 Å². The van der Waals surface area contributed by atoms with Crippen molar-refractivity contribution in [3.8, 4) is 0 Å². The van der Waals surface area contributed by atoms with E-state index in [1.54, 1.807) is 12.5 Å². The predicted octanol–water partition coefficient (Wildman–Crippen LogP) is 5.76. The Morgan fingerprint density at radius 1 is 0.862 bits per heavy atom. The van der Waals surface area contributed by atoms with E-state index in [0.29, 0.717) is 24.9 Å². The van der Waals surface area contributed by atoms with E-state index in [0.717, 1.165) is 28.3 Å². The fourth-order valence-corrected chi connectivity index (χ4v) is 3.49. The lowest BCUT2D eigenvalue weighted by molar-refractivity contribution is -0.117. The zero-order chi connectivity index (χ0) is 20.8. The summed E-state index contributed by atoms with van der Waals surface area (Å²) < 4.78 is 11.0. The Labute approximate surface area is 172 Å². The maximum Gasteiger partial charge on any atom is 0.238 e. The lowest BCUT2D eigenvalue weighted by Gasteiger charge is -2.23. The molecule has 5 nitrogen and oxygen atoms in total. The first-order valence-corrected chi connectivity index (χ1v) is 10.1. The molecule has 0 radical (unpaired) electrons. The zero-order valence-electron chi connectivity index (χ0n) is 17.6. The van der Waals surface area contributed by atoms with E-state index in [2.05, 4.69) is 51.2 Å². The van der Waals surface area contributed by atoms with E-state index >= 15 is 0 Å². The third-order valence-corrected chi connectivity index (χ3v) is 4.92. The zero-order valence-corrected chi connectivity index (χ0v) is 17.6. The van der Waals surface area contributed by atoms with Crippen LogP contribution in [0.15, 0.2) is 63.8 Å². The van der Waals surface area contributed by atoms with Gasteiger partial charge in [-0.3, -0.25) is 9.69 Å². The SMILES string of the molecule is CC(C)c1cccc(C(C)C)c1NC(=O)CN(Cc1ccco1)Cc1ccco1. The second-order valence-electron chi connectivity index (χ2n) is 7.97. The minimum atomic E-state index is -0.0434. The summed E-state index contributed by atoms with van der Waals surface area (Å²) in [4.78, 5) is 15.0. The summed E-state index contributed by atoms with van der Waals surface area (Å²) in [7, 11) is 0. The molecule has 0 spiro atoms. The van der Waals surface area contributed by atoms with Gasteiger partial charge in [-0.15, -0.1) is 0 Å². The van der Waals surface area contributed by atoms with Gasteiger partial charge in [0, 0.05) is 5.69 Å². The molecule has 3 aromatic rings. The number of furan rings is 2. The molecule has 0 unspecified atom stereocenters. The normalized spacial score (nSPS) is 11.6. The first-order valence-electron chi connectivity index (χ1n) is 10.1. The third-order valence-electron chi connectivity index (χ3n) is 4.92. The van der Waals surface area contributed by atoms with Crippen LogP contribution >= 0.6 is 0 Å². The molecule has 2 aromatic heterocycles. The van der Waals surface area contributed by atoms with Crippen molar-refractivity contribution in [1.82, 2.24) is 4.90 Å². The summed E-state index contributed by atoms with van der Waals surface area (Å²) in [5.74, 6) is 2.24. The number of anilines is 1. The van der Waals surface area contributed by atoms with Gasteiger partial charge in [-0.1, -0.05) is 45.9 Å². The van der Waals surface area contributed by atoms with Crippen molar-refractivity contribution in [3.63, 3.8) is 0 Å². The Morgan fingerprint density at radius 3 is 1.79 bits per heavy atom. The molecule has 0 aliphatic heterocycles. The van der Waals surface area contributed by atoms with E-state index in [-0.39, 0.29) is 12.5 Å². The van der Waals surface area contributed by atoms with Crippen molar-refractivity contribution >= 4 is 11.6 Å². The Balaban J connectivity index is 1.78. The first-order chi connectivity index (χ1) is 13.9. The van der Waals surface area contributed by atoms with Crippen molar-refractivity contribution in [2.75, 3.05) is 11.9 Å². The highest BCUT2D eigenvalue weighted by atomic mass is 16.3. The van der Waals surface area contributed by atoms with Crippen molar-refractivity contribution in [2.45, 2.75) is 52.6 Å². The lowest BCUT2D eigenvalue weighted by atomic mass is 9.92. The van der Waals surface area contributed by atoms with Gasteiger partial charge in [0.25, 0.3) is 0 Å². The van der Waals surface area contributed by atoms with Gasteiger partial charge in [0.15, 0.2) is 0 Å². The topological polar surface area (TPSA) is 58.6 Å². The van der Waals surface area contributed by atoms with Gasteiger partial charge in [-0.2, -0.15) is 0 Å². The Bertz CT molecular complexity index is 834. The lowest BCUT2D eigenvalue weighted by Crippen LogP contribution is -2.33. The van der Waals surface area contributed by atoms with E-state index < -0.39 is 0 Å². The van der Waals surface area contributed by atoms with E-state index in [1.807, 2.05) is 29.2 Å². The number of hydrogen-bond donors (Lipinski definition) is 1. The molecular weight excluding hydrogens is 364 g/mol. The van der Waals surface area contributed by atoms with Crippen LogP contribution in [-0.4, -0.2) is 17.4 Å². The number of carbonyl (C=O) groups excluding carboxylic acids is 1. The van der Waals surface area contributed by atoms with Crippen molar-refractivity contribution in [2.24, 2.45) is 0 Å². The highest BCUT2D eigenvalue weighted by Crippen LogP contribution is 2.32. The molecule has 0 bridgehead atoms. The average Bonchev–Trinajstić information content (AvgIpc) is 3.35. The molecule has 1 amide bonds. The van der Waals surface area contributed by atoms with Gasteiger partial charge in [0.1, 0.15) is 11.5 Å². The molecule has 154 valence electrons. The second kappa shape index (κ2) is 9.61. The fraction of sp³-hybridized carbons (Fsp3) is 0.375. The summed E-state index contributed by atoms with van der Waals surface area (Å²) in [6.07, 6.45) is 3.29. The van der Waals surface area contributed by atoms with E-state index in [4.69, 9.17) is 8.83 Å². The van der Waals surface area contributed by atoms with Gasteiger partial charge in [-0.05, 0) is 47.2 Å². The molecule has 0 saturated carbocycles. The summed E-state index contributed by atoms with van der Waals surface area (Å²) in [5, 5.41) is 3.19. The molecule has 0 atom stereocenters. The number of rotatable bonds is 9. The summed E-state index contributed by atoms with van der Waals surface area (Å²) in [6.45, 7) is 9.90. The van der Waals surface area contributed by atoms with Crippen LogP contribution in [0.2, 0.25) is 0 Å². The number of nitrogens with zero attached hydrogens (tertiary/aromatic N) is 1. The minimum Gasteiger partial charge on any atom is -0.468 e. The van der Waals surface area contributed by atoms with Crippen LogP contribution < -0.4 is 5.32 Å². The summed E-state index contributed by atoms with van der Waals surface area (Å²) in [5.41, 5.74) is 3.26. The van der Waals surface area contributed by atoms with Crippen LogP contribution in [0.4, 0.5) is 5.69 Å². The van der Waals surface area contributed by atoms with Crippen molar-refractivity contribution in [1.29, 1.82) is 0 Å². The Morgan fingerprint density at radius 2 is 1.38 bits per heavy atom. The molecule has 0 fully saturated rings. The number of benzene rings is 1. The van der Waals surface area contributed by atoms with Gasteiger partial charge < -0.3 is 14.2 Å². The monoisotopic (exact) mass is 394 g/mol. The molecule has 2 heterocycles. The average molecular weight is 395 g/mol. The second-order valence-corrected chi connectivity index (χ2v) is 7.97. The highest BCUT2D eigenvalue weighted by Gasteiger charge is 2.19. The standard InChI is InChI=1S/C24H30N2O3/c1-17(2)21-10-5-11-22(18(3)4)24(21)25-23(27)16-26(14-19-8-6-12-28-19)15-20-9-7-13-29-20/h5-13,17-18H,14-16H2,1-4H3,(H,25,27). The van der Waals surface area contributed by atoms with Crippen LogP contribution in [0, 0.1) is 0 Å².